The maximum Gasteiger partial charge on any atom is 0.303 e. The molecule has 0 saturated carbocycles. The highest BCUT2D eigenvalue weighted by Crippen LogP contribution is 2.30. The second-order valence-electron chi connectivity index (χ2n) is 5.26. The summed E-state index contributed by atoms with van der Waals surface area (Å²) in [6, 6.07) is -0.568. The number of carboxylic acids is 1. The Labute approximate surface area is 116 Å². The van der Waals surface area contributed by atoms with E-state index in [1.807, 2.05) is 0 Å². The van der Waals surface area contributed by atoms with Crippen molar-refractivity contribution in [1.29, 1.82) is 0 Å². The minimum absolute atomic E-state index is 0.0282. The number of rotatable bonds is 7. The van der Waals surface area contributed by atoms with Crippen LogP contribution in [-0.4, -0.2) is 74.7 Å². The molecule has 1 heterocycles. The molecule has 1 aliphatic rings. The van der Waals surface area contributed by atoms with Crippen molar-refractivity contribution in [1.82, 2.24) is 0 Å². The molecular formula is C12H23NO7. The standard InChI is InChI=1S/C12H23NO7/c13-7(2-1-3-10(16)17)4-12(19)9(15)6-20-8(5-14)11(12)18/h7-9,11,14-15,18-19H,1-6,13H2,(H,16,17)/t7?,8-,9+,11-,12+/m1/s1. The van der Waals surface area contributed by atoms with Gasteiger partial charge in [0.25, 0.3) is 0 Å². The second kappa shape index (κ2) is 7.30. The summed E-state index contributed by atoms with van der Waals surface area (Å²) in [5.74, 6) is -0.928. The van der Waals surface area contributed by atoms with Crippen molar-refractivity contribution in [2.24, 2.45) is 5.73 Å². The van der Waals surface area contributed by atoms with Crippen LogP contribution < -0.4 is 5.73 Å². The summed E-state index contributed by atoms with van der Waals surface area (Å²) in [6.45, 7) is -0.689. The quantitative estimate of drug-likeness (QED) is 0.309. The first-order valence-corrected chi connectivity index (χ1v) is 6.59. The van der Waals surface area contributed by atoms with E-state index in [9.17, 15) is 20.1 Å². The highest BCUT2D eigenvalue weighted by Gasteiger charge is 2.50. The van der Waals surface area contributed by atoms with Crippen molar-refractivity contribution < 1.29 is 35.1 Å². The van der Waals surface area contributed by atoms with Gasteiger partial charge in [-0.2, -0.15) is 0 Å². The highest BCUT2D eigenvalue weighted by atomic mass is 16.5. The van der Waals surface area contributed by atoms with Gasteiger partial charge in [-0.15, -0.1) is 0 Å². The van der Waals surface area contributed by atoms with Crippen LogP contribution in [0.5, 0.6) is 0 Å². The number of hydrogen-bond donors (Lipinski definition) is 6. The summed E-state index contributed by atoms with van der Waals surface area (Å²) in [6.07, 6.45) is -3.19. The summed E-state index contributed by atoms with van der Waals surface area (Å²) >= 11 is 0. The number of nitrogens with two attached hydrogens (primary N) is 1. The lowest BCUT2D eigenvalue weighted by Crippen LogP contribution is -2.65. The average molecular weight is 293 g/mol. The van der Waals surface area contributed by atoms with E-state index >= 15 is 0 Å². The maximum atomic E-state index is 10.4. The van der Waals surface area contributed by atoms with Gasteiger partial charge >= 0.3 is 5.97 Å². The maximum absolute atomic E-state index is 10.4. The number of aliphatic carboxylic acids is 1. The molecule has 0 spiro atoms. The molecule has 5 atom stereocenters. The lowest BCUT2D eigenvalue weighted by Gasteiger charge is -2.45. The van der Waals surface area contributed by atoms with Crippen LogP contribution in [0.15, 0.2) is 0 Å². The largest absolute Gasteiger partial charge is 0.481 e. The van der Waals surface area contributed by atoms with Gasteiger partial charge in [-0.05, 0) is 19.3 Å². The molecule has 0 bridgehead atoms. The molecule has 7 N–H and O–H groups in total. The molecule has 20 heavy (non-hydrogen) atoms. The summed E-state index contributed by atoms with van der Waals surface area (Å²) in [5, 5.41) is 47.8. The minimum atomic E-state index is -1.87. The van der Waals surface area contributed by atoms with Crippen LogP contribution in [0, 0.1) is 0 Å². The van der Waals surface area contributed by atoms with E-state index in [-0.39, 0.29) is 19.4 Å². The van der Waals surface area contributed by atoms with Crippen molar-refractivity contribution in [3.63, 3.8) is 0 Å². The van der Waals surface area contributed by atoms with Crippen LogP contribution in [0.3, 0.4) is 0 Å². The van der Waals surface area contributed by atoms with Gasteiger partial charge in [0.15, 0.2) is 0 Å². The van der Waals surface area contributed by atoms with Crippen molar-refractivity contribution >= 4 is 5.97 Å². The third kappa shape index (κ3) is 4.11. The van der Waals surface area contributed by atoms with Crippen molar-refractivity contribution in [3.05, 3.63) is 0 Å². The van der Waals surface area contributed by atoms with E-state index in [2.05, 4.69) is 0 Å². The van der Waals surface area contributed by atoms with Crippen LogP contribution in [-0.2, 0) is 9.53 Å². The van der Waals surface area contributed by atoms with E-state index < -0.39 is 42.5 Å². The topological polar surface area (TPSA) is 153 Å². The van der Waals surface area contributed by atoms with Crippen molar-refractivity contribution in [3.8, 4) is 0 Å². The van der Waals surface area contributed by atoms with Gasteiger partial charge in [-0.25, -0.2) is 0 Å². The molecule has 1 saturated heterocycles. The molecule has 0 aromatic rings. The molecule has 1 fully saturated rings. The molecule has 1 unspecified atom stereocenters. The molecular weight excluding hydrogens is 270 g/mol. The van der Waals surface area contributed by atoms with Gasteiger partial charge in [-0.1, -0.05) is 0 Å². The summed E-state index contributed by atoms with van der Waals surface area (Å²) in [4.78, 5) is 10.4. The van der Waals surface area contributed by atoms with E-state index in [4.69, 9.17) is 20.7 Å². The first kappa shape index (κ1) is 17.3. The number of aliphatic hydroxyl groups is 4. The Bertz CT molecular complexity index is 327. The molecule has 0 amide bonds. The van der Waals surface area contributed by atoms with Crippen molar-refractivity contribution in [2.45, 2.75) is 55.6 Å². The highest BCUT2D eigenvalue weighted by molar-refractivity contribution is 5.66. The van der Waals surface area contributed by atoms with Gasteiger partial charge in [0.1, 0.15) is 23.9 Å². The first-order valence-electron chi connectivity index (χ1n) is 6.59. The minimum Gasteiger partial charge on any atom is -0.481 e. The zero-order valence-electron chi connectivity index (χ0n) is 11.2. The Morgan fingerprint density at radius 3 is 2.65 bits per heavy atom. The Balaban J connectivity index is 2.58. The van der Waals surface area contributed by atoms with Gasteiger partial charge in [-0.3, -0.25) is 4.79 Å². The number of hydrogen-bond acceptors (Lipinski definition) is 7. The Morgan fingerprint density at radius 1 is 1.45 bits per heavy atom. The average Bonchev–Trinajstić information content (AvgIpc) is 2.36. The molecule has 0 aromatic heterocycles. The van der Waals surface area contributed by atoms with Gasteiger partial charge < -0.3 is 36.0 Å². The second-order valence-corrected chi connectivity index (χ2v) is 5.26. The van der Waals surface area contributed by atoms with Crippen LogP contribution in [0.25, 0.3) is 0 Å². The zero-order valence-corrected chi connectivity index (χ0v) is 11.2. The summed E-state index contributed by atoms with van der Waals surface area (Å²) in [7, 11) is 0. The number of carboxylic acid groups (broad SMARTS) is 1. The zero-order chi connectivity index (χ0) is 15.3. The van der Waals surface area contributed by atoms with Gasteiger partial charge in [0.2, 0.25) is 0 Å². The van der Waals surface area contributed by atoms with E-state index in [0.29, 0.717) is 12.8 Å². The predicted octanol–water partition coefficient (Wildman–Crippen LogP) is -2.20. The first-order chi connectivity index (χ1) is 9.31. The summed E-state index contributed by atoms with van der Waals surface area (Å²) < 4.78 is 5.01. The Kier molecular flexibility index (Phi) is 6.31. The smallest absolute Gasteiger partial charge is 0.303 e. The third-order valence-corrected chi connectivity index (χ3v) is 3.64. The van der Waals surface area contributed by atoms with E-state index in [0.717, 1.165) is 0 Å². The fourth-order valence-electron chi connectivity index (χ4n) is 2.42. The predicted molar refractivity (Wildman–Crippen MR) is 67.9 cm³/mol. The number of aliphatic hydroxyl groups excluding tert-OH is 3. The molecule has 0 aliphatic carbocycles. The summed E-state index contributed by atoms with van der Waals surface area (Å²) in [5.41, 5.74) is 3.94. The van der Waals surface area contributed by atoms with Gasteiger partial charge in [0.05, 0.1) is 13.2 Å². The third-order valence-electron chi connectivity index (χ3n) is 3.64. The molecule has 1 rings (SSSR count). The van der Waals surface area contributed by atoms with Crippen LogP contribution >= 0.6 is 0 Å². The lowest BCUT2D eigenvalue weighted by molar-refractivity contribution is -0.250. The molecule has 1 aliphatic heterocycles. The molecule has 118 valence electrons. The SMILES string of the molecule is NC(CCCC(=O)O)C[C@@]1(O)[C@H](O)[C@@H](CO)OC[C@@H]1O. The van der Waals surface area contributed by atoms with Gasteiger partial charge in [0, 0.05) is 12.5 Å². The van der Waals surface area contributed by atoms with Crippen LogP contribution in [0.2, 0.25) is 0 Å². The fraction of sp³-hybridized carbons (Fsp3) is 0.917. The number of carbonyl (C=O) groups is 1. The van der Waals surface area contributed by atoms with Crippen LogP contribution in [0.1, 0.15) is 25.7 Å². The normalized spacial score (nSPS) is 35.8. The number of ether oxygens (including phenoxy) is 1. The Morgan fingerprint density at radius 2 is 2.10 bits per heavy atom. The molecule has 0 aromatic carbocycles. The fourth-order valence-corrected chi connectivity index (χ4v) is 2.42. The molecule has 8 heteroatoms. The monoisotopic (exact) mass is 293 g/mol. The van der Waals surface area contributed by atoms with E-state index in [1.165, 1.54) is 0 Å². The van der Waals surface area contributed by atoms with E-state index in [1.54, 1.807) is 0 Å². The van der Waals surface area contributed by atoms with Crippen LogP contribution in [0.4, 0.5) is 0 Å². The molecule has 0 radical (unpaired) electrons. The Hall–Kier alpha value is -0.770. The van der Waals surface area contributed by atoms with Crippen molar-refractivity contribution in [2.75, 3.05) is 13.2 Å². The lowest BCUT2D eigenvalue weighted by atomic mass is 9.79. The molecule has 8 nitrogen and oxygen atoms in total.